The zero-order valence-corrected chi connectivity index (χ0v) is 12.5. The number of aromatic nitrogens is 2. The van der Waals surface area contributed by atoms with Gasteiger partial charge >= 0.3 is 0 Å². The Labute approximate surface area is 119 Å². The van der Waals surface area contributed by atoms with Crippen LogP contribution in [0.25, 0.3) is 0 Å². The largest absolute Gasteiger partial charge is 0.369 e. The van der Waals surface area contributed by atoms with Crippen LogP contribution in [-0.2, 0) is 6.42 Å². The summed E-state index contributed by atoms with van der Waals surface area (Å²) >= 11 is 1.96. The highest BCUT2D eigenvalue weighted by Gasteiger charge is 2.35. The molecule has 6 heteroatoms. The van der Waals surface area contributed by atoms with E-state index in [1.165, 1.54) is 19.3 Å². The normalized spacial score (nSPS) is 16.8. The molecule has 0 unspecified atom stereocenters. The number of hydrogen-bond donors (Lipinski definition) is 3. The summed E-state index contributed by atoms with van der Waals surface area (Å²) in [5.41, 5.74) is 2.61. The molecule has 19 heavy (non-hydrogen) atoms. The summed E-state index contributed by atoms with van der Waals surface area (Å²) < 4.78 is 0.395. The number of nitrogens with two attached hydrogens (primary N) is 1. The molecule has 0 amide bonds. The second-order valence-electron chi connectivity index (χ2n) is 5.04. The molecule has 0 aromatic carbocycles. The monoisotopic (exact) mass is 281 g/mol. The standard InChI is InChI=1S/C13H23N5S/c1-3-5-10-16-11(8-12(17-10)18-14)15-9-13(19-2)6-4-7-13/h8H,3-7,9,14H2,1-2H3,(H2,15,16,17,18). The summed E-state index contributed by atoms with van der Waals surface area (Å²) in [5, 5.41) is 3.44. The van der Waals surface area contributed by atoms with Crippen molar-refractivity contribution in [1.82, 2.24) is 9.97 Å². The lowest BCUT2D eigenvalue weighted by molar-refractivity contribution is 0.379. The average Bonchev–Trinajstić information content (AvgIpc) is 2.38. The molecule has 1 aromatic rings. The molecule has 0 aliphatic heterocycles. The van der Waals surface area contributed by atoms with Gasteiger partial charge in [-0.2, -0.15) is 11.8 Å². The van der Waals surface area contributed by atoms with E-state index in [1.807, 2.05) is 17.8 Å². The van der Waals surface area contributed by atoms with Gasteiger partial charge in [0.25, 0.3) is 0 Å². The van der Waals surface area contributed by atoms with Gasteiger partial charge in [0, 0.05) is 23.8 Å². The Morgan fingerprint density at radius 3 is 2.63 bits per heavy atom. The minimum Gasteiger partial charge on any atom is -0.369 e. The number of anilines is 2. The molecule has 1 aliphatic rings. The van der Waals surface area contributed by atoms with Gasteiger partial charge in [0.05, 0.1) is 0 Å². The van der Waals surface area contributed by atoms with Crippen LogP contribution in [0.3, 0.4) is 0 Å². The Kier molecular flexibility index (Phi) is 4.87. The number of hydrogen-bond acceptors (Lipinski definition) is 6. The smallest absolute Gasteiger partial charge is 0.145 e. The van der Waals surface area contributed by atoms with Gasteiger partial charge in [0.15, 0.2) is 0 Å². The van der Waals surface area contributed by atoms with Gasteiger partial charge in [-0.3, -0.25) is 0 Å². The van der Waals surface area contributed by atoms with Crippen molar-refractivity contribution in [3.63, 3.8) is 0 Å². The number of thioether (sulfide) groups is 1. The van der Waals surface area contributed by atoms with Crippen molar-refractivity contribution in [1.29, 1.82) is 0 Å². The van der Waals surface area contributed by atoms with Crippen LogP contribution in [0, 0.1) is 0 Å². The maximum absolute atomic E-state index is 5.46. The van der Waals surface area contributed by atoms with Crippen LogP contribution in [-0.4, -0.2) is 27.5 Å². The third-order valence-electron chi connectivity index (χ3n) is 3.68. The molecule has 0 spiro atoms. The van der Waals surface area contributed by atoms with Crippen LogP contribution in [0.4, 0.5) is 11.6 Å². The number of rotatable bonds is 7. The maximum Gasteiger partial charge on any atom is 0.145 e. The molecule has 0 atom stereocenters. The molecule has 0 saturated heterocycles. The Hall–Kier alpha value is -1.01. The van der Waals surface area contributed by atoms with Gasteiger partial charge < -0.3 is 10.7 Å². The molecule has 1 fully saturated rings. The van der Waals surface area contributed by atoms with Crippen molar-refractivity contribution < 1.29 is 0 Å². The molecule has 2 rings (SSSR count). The fourth-order valence-electron chi connectivity index (χ4n) is 2.27. The molecule has 1 aromatic heterocycles. The maximum atomic E-state index is 5.46. The third kappa shape index (κ3) is 3.51. The summed E-state index contributed by atoms with van der Waals surface area (Å²) in [4.78, 5) is 8.89. The number of nitrogen functional groups attached to an aromatic ring is 1. The molecule has 0 radical (unpaired) electrons. The minimum atomic E-state index is 0.395. The van der Waals surface area contributed by atoms with Gasteiger partial charge in [-0.25, -0.2) is 15.8 Å². The second kappa shape index (κ2) is 6.43. The van der Waals surface area contributed by atoms with E-state index in [0.717, 1.165) is 31.0 Å². The van der Waals surface area contributed by atoms with Gasteiger partial charge in [-0.15, -0.1) is 0 Å². The average molecular weight is 281 g/mol. The van der Waals surface area contributed by atoms with Crippen molar-refractivity contribution in [2.24, 2.45) is 5.84 Å². The van der Waals surface area contributed by atoms with Gasteiger partial charge in [-0.1, -0.05) is 13.3 Å². The van der Waals surface area contributed by atoms with E-state index in [1.54, 1.807) is 0 Å². The summed E-state index contributed by atoms with van der Waals surface area (Å²) in [6.07, 6.45) is 8.01. The second-order valence-corrected chi connectivity index (χ2v) is 6.32. The molecule has 0 bridgehead atoms. The predicted octanol–water partition coefficient (Wildman–Crippen LogP) is 2.41. The lowest BCUT2D eigenvalue weighted by Crippen LogP contribution is -2.40. The molecule has 1 saturated carbocycles. The first kappa shape index (κ1) is 14.4. The zero-order valence-electron chi connectivity index (χ0n) is 11.7. The van der Waals surface area contributed by atoms with Crippen LogP contribution >= 0.6 is 11.8 Å². The summed E-state index contributed by atoms with van der Waals surface area (Å²) in [6.45, 7) is 3.08. The van der Waals surface area contributed by atoms with Crippen molar-refractivity contribution in [3.8, 4) is 0 Å². The van der Waals surface area contributed by atoms with E-state index in [4.69, 9.17) is 5.84 Å². The van der Waals surface area contributed by atoms with Crippen molar-refractivity contribution in [2.75, 3.05) is 23.5 Å². The minimum absolute atomic E-state index is 0.395. The number of nitrogens with one attached hydrogen (secondary N) is 2. The first-order valence-electron chi connectivity index (χ1n) is 6.85. The highest BCUT2D eigenvalue weighted by atomic mass is 32.2. The number of hydrazine groups is 1. The van der Waals surface area contributed by atoms with Crippen molar-refractivity contribution in [2.45, 2.75) is 43.8 Å². The third-order valence-corrected chi connectivity index (χ3v) is 5.10. The Morgan fingerprint density at radius 1 is 1.37 bits per heavy atom. The lowest BCUT2D eigenvalue weighted by atomic mass is 9.84. The fraction of sp³-hybridized carbons (Fsp3) is 0.692. The van der Waals surface area contributed by atoms with Gasteiger partial charge in [0.1, 0.15) is 17.5 Å². The SMILES string of the molecule is CCCc1nc(NN)cc(NCC2(SC)CCC2)n1. The summed E-state index contributed by atoms with van der Waals surface area (Å²) in [5.74, 6) is 7.84. The predicted molar refractivity (Wildman–Crippen MR) is 82.4 cm³/mol. The Bertz CT molecular complexity index is 414. The van der Waals surface area contributed by atoms with E-state index in [-0.39, 0.29) is 0 Å². The van der Waals surface area contributed by atoms with Crippen molar-refractivity contribution >= 4 is 23.4 Å². The van der Waals surface area contributed by atoms with Crippen LogP contribution < -0.4 is 16.6 Å². The van der Waals surface area contributed by atoms with Crippen LogP contribution in [0.2, 0.25) is 0 Å². The zero-order chi connectivity index (χ0) is 13.7. The number of nitrogens with zero attached hydrogens (tertiary/aromatic N) is 2. The van der Waals surface area contributed by atoms with E-state index in [2.05, 4.69) is 33.9 Å². The van der Waals surface area contributed by atoms with Crippen LogP contribution in [0.15, 0.2) is 6.07 Å². The van der Waals surface area contributed by atoms with Crippen LogP contribution in [0.1, 0.15) is 38.4 Å². The van der Waals surface area contributed by atoms with Crippen LogP contribution in [0.5, 0.6) is 0 Å². The highest BCUT2D eigenvalue weighted by Crippen LogP contribution is 2.42. The van der Waals surface area contributed by atoms with Gasteiger partial charge in [-0.05, 0) is 25.5 Å². The van der Waals surface area contributed by atoms with Crippen molar-refractivity contribution in [3.05, 3.63) is 11.9 Å². The topological polar surface area (TPSA) is 75.9 Å². The molecule has 5 nitrogen and oxygen atoms in total. The van der Waals surface area contributed by atoms with E-state index < -0.39 is 0 Å². The molecular formula is C13H23N5S. The van der Waals surface area contributed by atoms with E-state index >= 15 is 0 Å². The lowest BCUT2D eigenvalue weighted by Gasteiger charge is -2.40. The Morgan fingerprint density at radius 2 is 2.11 bits per heavy atom. The Balaban J connectivity index is 2.04. The molecule has 106 valence electrons. The van der Waals surface area contributed by atoms with E-state index in [9.17, 15) is 0 Å². The molecule has 1 aliphatic carbocycles. The molecule has 1 heterocycles. The first-order chi connectivity index (χ1) is 9.21. The molecular weight excluding hydrogens is 258 g/mol. The number of aryl methyl sites for hydroxylation is 1. The highest BCUT2D eigenvalue weighted by molar-refractivity contribution is 8.00. The summed E-state index contributed by atoms with van der Waals surface area (Å²) in [7, 11) is 0. The molecule has 4 N–H and O–H groups in total. The summed E-state index contributed by atoms with van der Waals surface area (Å²) in [6, 6.07) is 1.87. The van der Waals surface area contributed by atoms with E-state index in [0.29, 0.717) is 10.6 Å². The fourth-order valence-corrected chi connectivity index (χ4v) is 3.19. The van der Waals surface area contributed by atoms with Gasteiger partial charge in [0.2, 0.25) is 0 Å². The first-order valence-corrected chi connectivity index (χ1v) is 8.07. The quantitative estimate of drug-likeness (QED) is 0.526.